The van der Waals surface area contributed by atoms with E-state index in [9.17, 15) is 21.6 Å². The Bertz CT molecular complexity index is 1040. The molecule has 0 saturated carbocycles. The molecule has 1 unspecified atom stereocenters. The van der Waals surface area contributed by atoms with Gasteiger partial charge >= 0.3 is 0 Å². The summed E-state index contributed by atoms with van der Waals surface area (Å²) in [6, 6.07) is 6.57. The average molecular weight is 380 g/mol. The molecule has 0 bridgehead atoms. The summed E-state index contributed by atoms with van der Waals surface area (Å²) >= 11 is 0. The van der Waals surface area contributed by atoms with E-state index < -0.39 is 34.0 Å². The molecule has 8 heteroatoms. The minimum atomic E-state index is -3.73. The number of nitrogens with zero attached hydrogens (tertiary/aromatic N) is 1. The van der Waals surface area contributed by atoms with E-state index in [2.05, 4.69) is 0 Å². The van der Waals surface area contributed by atoms with Crippen LogP contribution in [0.4, 0.5) is 13.2 Å². The van der Waals surface area contributed by atoms with Crippen LogP contribution in [0.15, 0.2) is 35.2 Å². The Balaban J connectivity index is 2.15. The lowest BCUT2D eigenvalue weighted by Gasteiger charge is -2.16. The zero-order valence-corrected chi connectivity index (χ0v) is 14.6. The first-order valence-corrected chi connectivity index (χ1v) is 9.60. The van der Waals surface area contributed by atoms with Gasteiger partial charge in [0, 0.05) is 12.7 Å². The lowest BCUT2D eigenvalue weighted by molar-refractivity contribution is -0.0140. The van der Waals surface area contributed by atoms with Crippen molar-refractivity contribution < 1.29 is 21.6 Å². The molecule has 26 heavy (non-hydrogen) atoms. The van der Waals surface area contributed by atoms with Crippen molar-refractivity contribution in [2.24, 2.45) is 5.73 Å². The molecule has 2 N–H and O–H groups in total. The van der Waals surface area contributed by atoms with Gasteiger partial charge in [-0.25, -0.2) is 21.6 Å². The largest absolute Gasteiger partial charge is 0.319 e. The summed E-state index contributed by atoms with van der Waals surface area (Å²) in [6.07, 6.45) is 0.349. The number of sulfone groups is 1. The molecule has 0 heterocycles. The number of fused-ring (bicyclic) bond motifs is 1. The van der Waals surface area contributed by atoms with Crippen LogP contribution in [0.3, 0.4) is 0 Å². The van der Waals surface area contributed by atoms with Crippen LogP contribution in [-0.2, 0) is 22.7 Å². The van der Waals surface area contributed by atoms with Gasteiger partial charge in [0.2, 0.25) is 0 Å². The highest BCUT2D eigenvalue weighted by atomic mass is 32.2. The number of rotatable bonds is 3. The second-order valence-corrected chi connectivity index (χ2v) is 8.42. The van der Waals surface area contributed by atoms with E-state index in [1.165, 1.54) is 24.3 Å². The van der Waals surface area contributed by atoms with Crippen molar-refractivity contribution in [2.75, 3.05) is 6.26 Å². The van der Waals surface area contributed by atoms with Crippen LogP contribution >= 0.6 is 0 Å². The van der Waals surface area contributed by atoms with E-state index in [4.69, 9.17) is 11.0 Å². The molecular weight excluding hydrogens is 365 g/mol. The maximum absolute atomic E-state index is 14.2. The van der Waals surface area contributed by atoms with E-state index in [1.807, 2.05) is 6.07 Å². The number of alkyl halides is 2. The predicted octanol–water partition coefficient (Wildman–Crippen LogP) is 2.88. The highest BCUT2D eigenvalue weighted by Gasteiger charge is 2.48. The maximum Gasteiger partial charge on any atom is 0.271 e. The third-order valence-electron chi connectivity index (χ3n) is 4.47. The first kappa shape index (κ1) is 18.4. The third-order valence-corrected chi connectivity index (χ3v) is 5.63. The van der Waals surface area contributed by atoms with Gasteiger partial charge in [0.25, 0.3) is 5.92 Å². The zero-order chi connectivity index (χ0) is 19.3. The number of benzene rings is 2. The van der Waals surface area contributed by atoms with Crippen LogP contribution in [0, 0.1) is 17.1 Å². The molecule has 1 aliphatic carbocycles. The van der Waals surface area contributed by atoms with E-state index in [0.717, 1.165) is 12.3 Å². The molecule has 1 atom stereocenters. The Morgan fingerprint density at radius 2 is 2.00 bits per heavy atom. The molecule has 0 fully saturated rings. The lowest BCUT2D eigenvalue weighted by Crippen LogP contribution is -2.29. The molecule has 2 aromatic carbocycles. The van der Waals surface area contributed by atoms with Gasteiger partial charge in [0.1, 0.15) is 5.82 Å². The fourth-order valence-corrected chi connectivity index (χ4v) is 4.29. The van der Waals surface area contributed by atoms with Crippen molar-refractivity contribution in [3.8, 4) is 6.07 Å². The number of nitrogens with two attached hydrogens (primary N) is 1. The quantitative estimate of drug-likeness (QED) is 0.887. The molecule has 0 spiro atoms. The normalized spacial score (nSPS) is 18.4. The number of halogens is 3. The maximum atomic E-state index is 14.2. The summed E-state index contributed by atoms with van der Waals surface area (Å²) in [4.78, 5) is -0.210. The smallest absolute Gasteiger partial charge is 0.271 e. The average Bonchev–Trinajstić information content (AvgIpc) is 2.77. The minimum absolute atomic E-state index is 0.0769. The molecule has 0 aliphatic heterocycles. The Labute approximate surface area is 149 Å². The first-order chi connectivity index (χ1) is 12.0. The summed E-state index contributed by atoms with van der Waals surface area (Å²) in [7, 11) is -3.73. The zero-order valence-electron chi connectivity index (χ0n) is 13.8. The van der Waals surface area contributed by atoms with Crippen molar-refractivity contribution in [1.82, 2.24) is 0 Å². The summed E-state index contributed by atoms with van der Waals surface area (Å²) < 4.78 is 65.9. The monoisotopic (exact) mass is 380 g/mol. The summed E-state index contributed by atoms with van der Waals surface area (Å²) in [5.41, 5.74) is 6.72. The van der Waals surface area contributed by atoms with Crippen LogP contribution in [0.5, 0.6) is 0 Å². The van der Waals surface area contributed by atoms with Crippen LogP contribution < -0.4 is 5.73 Å². The Morgan fingerprint density at radius 3 is 2.62 bits per heavy atom. The SMILES string of the molecule is CS(=O)(=O)c1ccc(Cc2cc(F)cc(C#N)c2)c2c1C(N)C(F)(F)C2. The van der Waals surface area contributed by atoms with Crippen LogP contribution in [0.2, 0.25) is 0 Å². The minimum Gasteiger partial charge on any atom is -0.319 e. The molecule has 0 radical (unpaired) electrons. The molecule has 0 aromatic heterocycles. The van der Waals surface area contributed by atoms with Gasteiger partial charge in [0.15, 0.2) is 9.84 Å². The van der Waals surface area contributed by atoms with Crippen molar-refractivity contribution in [2.45, 2.75) is 29.7 Å². The van der Waals surface area contributed by atoms with Crippen LogP contribution in [-0.4, -0.2) is 20.6 Å². The molecule has 2 aromatic rings. The first-order valence-electron chi connectivity index (χ1n) is 7.70. The highest BCUT2D eigenvalue weighted by molar-refractivity contribution is 7.90. The number of nitriles is 1. The van der Waals surface area contributed by atoms with Crippen molar-refractivity contribution in [3.05, 3.63) is 64.0 Å². The Morgan fingerprint density at radius 1 is 1.31 bits per heavy atom. The van der Waals surface area contributed by atoms with Crippen molar-refractivity contribution >= 4 is 9.84 Å². The lowest BCUT2D eigenvalue weighted by atomic mass is 9.96. The number of hydrogen-bond acceptors (Lipinski definition) is 4. The topological polar surface area (TPSA) is 84.0 Å². The van der Waals surface area contributed by atoms with Gasteiger partial charge in [-0.3, -0.25) is 0 Å². The molecule has 0 saturated heterocycles. The van der Waals surface area contributed by atoms with Crippen LogP contribution in [0.1, 0.15) is 33.9 Å². The van der Waals surface area contributed by atoms with Crippen LogP contribution in [0.25, 0.3) is 0 Å². The number of hydrogen-bond donors (Lipinski definition) is 1. The van der Waals surface area contributed by atoms with Gasteiger partial charge in [-0.2, -0.15) is 5.26 Å². The molecule has 3 rings (SSSR count). The van der Waals surface area contributed by atoms with Gasteiger partial charge in [-0.1, -0.05) is 6.07 Å². The molecular formula is C18H15F3N2O2S. The summed E-state index contributed by atoms with van der Waals surface area (Å²) in [5, 5.41) is 8.94. The highest BCUT2D eigenvalue weighted by Crippen LogP contribution is 2.46. The van der Waals surface area contributed by atoms with Gasteiger partial charge in [-0.15, -0.1) is 0 Å². The molecule has 136 valence electrons. The summed E-state index contributed by atoms with van der Waals surface area (Å²) in [6.45, 7) is 0. The fourth-order valence-electron chi connectivity index (χ4n) is 3.32. The van der Waals surface area contributed by atoms with Gasteiger partial charge < -0.3 is 5.73 Å². The van der Waals surface area contributed by atoms with Gasteiger partial charge in [-0.05, 0) is 52.9 Å². The molecule has 0 amide bonds. The van der Waals surface area contributed by atoms with Crippen molar-refractivity contribution in [3.63, 3.8) is 0 Å². The second kappa shape index (κ2) is 6.11. The van der Waals surface area contributed by atoms with E-state index >= 15 is 0 Å². The Hall–Kier alpha value is -2.37. The van der Waals surface area contributed by atoms with E-state index in [-0.39, 0.29) is 28.0 Å². The second-order valence-electron chi connectivity index (χ2n) is 6.44. The molecule has 4 nitrogen and oxygen atoms in total. The van der Waals surface area contributed by atoms with E-state index in [1.54, 1.807) is 0 Å². The standard InChI is InChI=1S/C18H15F3N2O2S/c1-26(24,25)15-3-2-12(14-8-18(20,21)17(23)16(14)15)5-10-4-11(9-22)7-13(19)6-10/h2-4,6-7,17H,5,8,23H2,1H3. The predicted molar refractivity (Wildman–Crippen MR) is 89.1 cm³/mol. The fraction of sp³-hybridized carbons (Fsp3) is 0.278. The Kier molecular flexibility index (Phi) is 4.33. The summed E-state index contributed by atoms with van der Waals surface area (Å²) in [5.74, 6) is -3.87. The van der Waals surface area contributed by atoms with E-state index in [0.29, 0.717) is 11.1 Å². The molecule has 1 aliphatic rings. The third kappa shape index (κ3) is 3.20. The van der Waals surface area contributed by atoms with Gasteiger partial charge in [0.05, 0.1) is 22.6 Å². The van der Waals surface area contributed by atoms with Crippen molar-refractivity contribution in [1.29, 1.82) is 5.26 Å².